The van der Waals surface area contributed by atoms with Crippen molar-refractivity contribution in [2.45, 2.75) is 0 Å². The molecule has 4 N–H and O–H groups in total. The molecule has 0 atom stereocenters. The number of carbonyl (C=O) groups is 1. The second-order valence-electron chi connectivity index (χ2n) is 2.54. The van der Waals surface area contributed by atoms with Crippen LogP contribution >= 0.6 is 0 Å². The number of carbonyl (C=O) groups excluding carboxylic acids is 1. The van der Waals surface area contributed by atoms with E-state index in [1.165, 1.54) is 0 Å². The van der Waals surface area contributed by atoms with Crippen LogP contribution in [0.25, 0.3) is 0 Å². The van der Waals surface area contributed by atoms with Gasteiger partial charge in [0, 0.05) is 0 Å². The van der Waals surface area contributed by atoms with Gasteiger partial charge in [0.05, 0.1) is 0 Å². The molecule has 76 valence electrons. The molecule has 0 saturated heterocycles. The van der Waals surface area contributed by atoms with Crippen LogP contribution in [0.3, 0.4) is 0 Å². The number of rotatable bonds is 4. The van der Waals surface area contributed by atoms with Gasteiger partial charge < -0.3 is 0 Å². The first-order valence-corrected chi connectivity index (χ1v) is 6.40. The van der Waals surface area contributed by atoms with Crippen molar-refractivity contribution in [2.75, 3.05) is 6.61 Å². The van der Waals surface area contributed by atoms with Gasteiger partial charge in [0.25, 0.3) is 0 Å². The Morgan fingerprint density at radius 2 is 1.93 bits per heavy atom. The molecule has 0 aliphatic heterocycles. The van der Waals surface area contributed by atoms with Gasteiger partial charge in [-0.1, -0.05) is 0 Å². The molecule has 0 aliphatic carbocycles. The fourth-order valence-corrected chi connectivity index (χ4v) is 1.70. The zero-order valence-electron chi connectivity index (χ0n) is 7.25. The standard InChI is InChI=1S/C8H10AsNO4/c10-8(11)5-14-7-3-1-6(2-4-7)9(12)13/h1-4,12-13H,5H2,(H2,10,11). The summed E-state index contributed by atoms with van der Waals surface area (Å²) in [7, 11) is 0. The summed E-state index contributed by atoms with van der Waals surface area (Å²) in [4.78, 5) is 10.4. The minimum absolute atomic E-state index is 0.182. The number of amides is 1. The van der Waals surface area contributed by atoms with E-state index in [1.807, 2.05) is 0 Å². The van der Waals surface area contributed by atoms with Gasteiger partial charge in [0.2, 0.25) is 0 Å². The molecule has 0 spiro atoms. The van der Waals surface area contributed by atoms with Gasteiger partial charge in [-0.25, -0.2) is 0 Å². The number of benzene rings is 1. The Kier molecular flexibility index (Phi) is 3.95. The van der Waals surface area contributed by atoms with E-state index in [9.17, 15) is 4.79 Å². The van der Waals surface area contributed by atoms with Crippen LogP contribution in [0.2, 0.25) is 0 Å². The summed E-state index contributed by atoms with van der Waals surface area (Å²) in [6, 6.07) is 6.23. The fraction of sp³-hybridized carbons (Fsp3) is 0.125. The second kappa shape index (κ2) is 5.00. The van der Waals surface area contributed by atoms with Gasteiger partial charge in [0.15, 0.2) is 0 Å². The van der Waals surface area contributed by atoms with E-state index in [4.69, 9.17) is 18.7 Å². The zero-order chi connectivity index (χ0) is 10.6. The molecule has 0 heterocycles. The van der Waals surface area contributed by atoms with Crippen LogP contribution in [0.1, 0.15) is 0 Å². The van der Waals surface area contributed by atoms with E-state index in [0.29, 0.717) is 10.1 Å². The minimum atomic E-state index is -2.80. The number of nitrogens with two attached hydrogens (primary N) is 1. The van der Waals surface area contributed by atoms with Crippen molar-refractivity contribution in [1.29, 1.82) is 0 Å². The summed E-state index contributed by atoms with van der Waals surface area (Å²) in [5, 5.41) is 0. The molecule has 0 fully saturated rings. The molecule has 14 heavy (non-hydrogen) atoms. The topological polar surface area (TPSA) is 92.8 Å². The van der Waals surface area contributed by atoms with Crippen LogP contribution in [0, 0.1) is 0 Å². The van der Waals surface area contributed by atoms with Crippen LogP contribution in [-0.4, -0.2) is 36.0 Å². The Hall–Kier alpha value is -1.03. The first-order valence-electron chi connectivity index (χ1n) is 3.78. The third kappa shape index (κ3) is 3.38. The molecule has 1 amide bonds. The molecule has 0 aliphatic rings. The number of hydrogen-bond acceptors (Lipinski definition) is 4. The van der Waals surface area contributed by atoms with Crippen LogP contribution in [0.5, 0.6) is 5.75 Å². The summed E-state index contributed by atoms with van der Waals surface area (Å²) in [5.41, 5.74) is 4.88. The quantitative estimate of drug-likeness (QED) is 0.558. The number of primary amides is 1. The van der Waals surface area contributed by atoms with Crippen molar-refractivity contribution < 1.29 is 17.7 Å². The summed E-state index contributed by atoms with van der Waals surface area (Å²) in [6.45, 7) is -0.182. The number of ether oxygens (including phenoxy) is 1. The Bertz CT molecular complexity index is 312. The summed E-state index contributed by atoms with van der Waals surface area (Å²) >= 11 is -2.80. The van der Waals surface area contributed by atoms with Gasteiger partial charge in [-0.05, 0) is 0 Å². The van der Waals surface area contributed by atoms with Crippen LogP contribution in [0.15, 0.2) is 24.3 Å². The Labute approximate surface area is 86.1 Å². The summed E-state index contributed by atoms with van der Waals surface area (Å²) < 4.78 is 23.3. The molecule has 6 heteroatoms. The second-order valence-corrected chi connectivity index (χ2v) is 4.84. The molecule has 0 unspecified atom stereocenters. The van der Waals surface area contributed by atoms with Gasteiger partial charge >= 0.3 is 85.7 Å². The molecule has 1 aromatic rings. The molecule has 0 saturated carbocycles. The van der Waals surface area contributed by atoms with Crippen LogP contribution in [0.4, 0.5) is 0 Å². The van der Waals surface area contributed by atoms with E-state index in [-0.39, 0.29) is 6.61 Å². The first kappa shape index (κ1) is 11.0. The SMILES string of the molecule is NC(=O)COc1ccc([As](O)O)cc1. The van der Waals surface area contributed by atoms with Gasteiger partial charge in [-0.2, -0.15) is 0 Å². The average molecular weight is 259 g/mol. The third-order valence-corrected chi connectivity index (χ3v) is 3.04. The van der Waals surface area contributed by atoms with Crippen molar-refractivity contribution in [3.63, 3.8) is 0 Å². The fourth-order valence-electron chi connectivity index (χ4n) is 0.830. The van der Waals surface area contributed by atoms with Crippen molar-refractivity contribution in [3.8, 4) is 5.75 Å². The van der Waals surface area contributed by atoms with E-state index >= 15 is 0 Å². The van der Waals surface area contributed by atoms with Crippen molar-refractivity contribution in [2.24, 2.45) is 5.73 Å². The predicted molar refractivity (Wildman–Crippen MR) is 51.0 cm³/mol. The Balaban J connectivity index is 2.59. The van der Waals surface area contributed by atoms with E-state index in [1.54, 1.807) is 24.3 Å². The monoisotopic (exact) mass is 259 g/mol. The van der Waals surface area contributed by atoms with Gasteiger partial charge in [0.1, 0.15) is 0 Å². The predicted octanol–water partition coefficient (Wildman–Crippen LogP) is -1.77. The molecule has 1 rings (SSSR count). The maximum atomic E-state index is 10.4. The zero-order valence-corrected chi connectivity index (χ0v) is 9.13. The molecular weight excluding hydrogens is 249 g/mol. The van der Waals surface area contributed by atoms with Gasteiger partial charge in [-0.3, -0.25) is 0 Å². The third-order valence-electron chi connectivity index (χ3n) is 1.45. The van der Waals surface area contributed by atoms with E-state index in [2.05, 4.69) is 0 Å². The average Bonchev–Trinajstić information content (AvgIpc) is 2.15. The van der Waals surface area contributed by atoms with Crippen molar-refractivity contribution >= 4 is 25.6 Å². The molecule has 1 aromatic carbocycles. The molecule has 5 nitrogen and oxygen atoms in total. The maximum absolute atomic E-state index is 10.4. The van der Waals surface area contributed by atoms with Gasteiger partial charge in [-0.15, -0.1) is 0 Å². The van der Waals surface area contributed by atoms with Crippen molar-refractivity contribution in [3.05, 3.63) is 24.3 Å². The number of hydrogen-bond donors (Lipinski definition) is 3. The molecule has 0 aromatic heterocycles. The van der Waals surface area contributed by atoms with Crippen molar-refractivity contribution in [1.82, 2.24) is 0 Å². The Morgan fingerprint density at radius 1 is 1.36 bits per heavy atom. The first-order chi connectivity index (χ1) is 6.59. The normalized spacial score (nSPS) is 10.2. The van der Waals surface area contributed by atoms with E-state index < -0.39 is 21.2 Å². The molecule has 0 radical (unpaired) electrons. The van der Waals surface area contributed by atoms with Crippen LogP contribution < -0.4 is 14.8 Å². The molecular formula is C8H10AsNO4. The van der Waals surface area contributed by atoms with E-state index in [0.717, 1.165) is 0 Å². The Morgan fingerprint density at radius 3 is 2.36 bits per heavy atom. The molecule has 0 bridgehead atoms. The summed E-state index contributed by atoms with van der Waals surface area (Å²) in [5.74, 6) is -0.0745. The van der Waals surface area contributed by atoms with Crippen LogP contribution in [-0.2, 0) is 4.79 Å². The summed E-state index contributed by atoms with van der Waals surface area (Å²) in [6.07, 6.45) is 0.